The minimum atomic E-state index is 0. The van der Waals surface area contributed by atoms with Crippen molar-refractivity contribution < 1.29 is 4.74 Å². The Kier molecular flexibility index (Phi) is 3.49. The maximum Gasteiger partial charge on any atom is 0.121 e. The quantitative estimate of drug-likeness (QED) is 0.756. The first kappa shape index (κ1) is 11.0. The smallest absolute Gasteiger partial charge is 0.121 e. The molecule has 0 fully saturated rings. The van der Waals surface area contributed by atoms with E-state index in [0.29, 0.717) is 5.02 Å². The summed E-state index contributed by atoms with van der Waals surface area (Å²) in [5, 5.41) is 9.18. The van der Waals surface area contributed by atoms with Crippen molar-refractivity contribution in [1.29, 1.82) is 0 Å². The average molecular weight is 231 g/mol. The molecule has 5 heteroatoms. The number of halogens is 2. The van der Waals surface area contributed by atoms with Crippen LogP contribution in [0.25, 0.3) is 10.9 Å². The van der Waals surface area contributed by atoms with E-state index in [-0.39, 0.29) is 12.4 Å². The first-order valence-electron chi connectivity index (χ1n) is 3.76. The molecule has 2 aromatic rings. The van der Waals surface area contributed by atoms with Gasteiger partial charge >= 0.3 is 0 Å². The van der Waals surface area contributed by atoms with Crippen molar-refractivity contribution in [2.45, 2.75) is 0 Å². The van der Waals surface area contributed by atoms with E-state index in [1.165, 1.54) is 6.20 Å². The van der Waals surface area contributed by atoms with E-state index in [1.54, 1.807) is 13.2 Å². The molecule has 0 unspecified atom stereocenters. The van der Waals surface area contributed by atoms with Crippen LogP contribution >= 0.6 is 24.0 Å². The van der Waals surface area contributed by atoms with Gasteiger partial charge in [-0.05, 0) is 12.1 Å². The Balaban J connectivity index is 0.000000980. The van der Waals surface area contributed by atoms with Crippen LogP contribution in [0.1, 0.15) is 0 Å². The van der Waals surface area contributed by atoms with Gasteiger partial charge in [0.15, 0.2) is 0 Å². The van der Waals surface area contributed by atoms with Crippen LogP contribution in [0.5, 0.6) is 5.75 Å². The van der Waals surface area contributed by atoms with Crippen LogP contribution in [-0.4, -0.2) is 17.3 Å². The molecule has 1 aromatic heterocycles. The lowest BCUT2D eigenvalue weighted by molar-refractivity contribution is 0.415. The Morgan fingerprint density at radius 2 is 2.14 bits per heavy atom. The van der Waals surface area contributed by atoms with Gasteiger partial charge < -0.3 is 4.74 Å². The monoisotopic (exact) mass is 230 g/mol. The molecule has 0 radical (unpaired) electrons. The van der Waals surface area contributed by atoms with Crippen LogP contribution in [0.2, 0.25) is 5.02 Å². The minimum Gasteiger partial charge on any atom is -0.497 e. The topological polar surface area (TPSA) is 35.0 Å². The lowest BCUT2D eigenvalue weighted by Crippen LogP contribution is -1.86. The highest BCUT2D eigenvalue weighted by Crippen LogP contribution is 2.23. The fourth-order valence-electron chi connectivity index (χ4n) is 1.13. The van der Waals surface area contributed by atoms with Crippen LogP contribution in [0.4, 0.5) is 0 Å². The van der Waals surface area contributed by atoms with Crippen molar-refractivity contribution >= 4 is 34.9 Å². The molecular formula is C9H8Cl2N2O. The number of aromatic nitrogens is 2. The third kappa shape index (κ3) is 1.89. The first-order valence-corrected chi connectivity index (χ1v) is 4.14. The Bertz CT molecular complexity index is 448. The van der Waals surface area contributed by atoms with Crippen LogP contribution in [0.15, 0.2) is 24.4 Å². The van der Waals surface area contributed by atoms with Crippen molar-refractivity contribution in [1.82, 2.24) is 10.2 Å². The summed E-state index contributed by atoms with van der Waals surface area (Å²) >= 11 is 5.91. The average Bonchev–Trinajstić information content (AvgIpc) is 2.18. The normalized spacial score (nSPS) is 9.57. The molecule has 1 aromatic carbocycles. The zero-order valence-electron chi connectivity index (χ0n) is 7.40. The van der Waals surface area contributed by atoms with Gasteiger partial charge in [-0.15, -0.1) is 12.4 Å². The highest BCUT2D eigenvalue weighted by atomic mass is 35.5. The molecule has 74 valence electrons. The summed E-state index contributed by atoms with van der Waals surface area (Å²) in [4.78, 5) is 0. The number of benzene rings is 1. The van der Waals surface area contributed by atoms with Crippen molar-refractivity contribution in [2.75, 3.05) is 7.11 Å². The van der Waals surface area contributed by atoms with Crippen LogP contribution in [-0.2, 0) is 0 Å². The first-order chi connectivity index (χ1) is 6.31. The molecule has 0 bridgehead atoms. The molecule has 2 rings (SSSR count). The van der Waals surface area contributed by atoms with Crippen molar-refractivity contribution in [3.63, 3.8) is 0 Å². The lowest BCUT2D eigenvalue weighted by Gasteiger charge is -2.01. The van der Waals surface area contributed by atoms with E-state index < -0.39 is 0 Å². The molecule has 0 atom stereocenters. The fraction of sp³-hybridized carbons (Fsp3) is 0.111. The molecule has 14 heavy (non-hydrogen) atoms. The Morgan fingerprint density at radius 1 is 1.36 bits per heavy atom. The maximum atomic E-state index is 5.91. The fourth-order valence-corrected chi connectivity index (χ4v) is 1.34. The van der Waals surface area contributed by atoms with Gasteiger partial charge in [0.25, 0.3) is 0 Å². The third-order valence-corrected chi connectivity index (χ3v) is 2.10. The second-order valence-corrected chi connectivity index (χ2v) is 2.98. The summed E-state index contributed by atoms with van der Waals surface area (Å²) in [6, 6.07) is 5.51. The number of ether oxygens (including phenoxy) is 1. The number of hydrogen-bond acceptors (Lipinski definition) is 3. The van der Waals surface area contributed by atoms with Gasteiger partial charge in [-0.3, -0.25) is 0 Å². The SMILES string of the molecule is COc1ccc2c(Cl)cnnc2c1.Cl. The Hall–Kier alpha value is -1.06. The summed E-state index contributed by atoms with van der Waals surface area (Å²) in [6.07, 6.45) is 1.52. The van der Waals surface area contributed by atoms with Gasteiger partial charge in [0.2, 0.25) is 0 Å². The van der Waals surface area contributed by atoms with Crippen LogP contribution < -0.4 is 4.74 Å². The Morgan fingerprint density at radius 3 is 2.86 bits per heavy atom. The number of nitrogens with zero attached hydrogens (tertiary/aromatic N) is 2. The van der Waals surface area contributed by atoms with Crippen molar-refractivity contribution in [3.8, 4) is 5.75 Å². The predicted octanol–water partition coefficient (Wildman–Crippen LogP) is 2.71. The zero-order chi connectivity index (χ0) is 9.26. The standard InChI is InChI=1S/C9H7ClN2O.ClH/c1-13-6-2-3-7-8(10)5-11-12-9(7)4-6;/h2-5H,1H3;1H. The molecular weight excluding hydrogens is 223 g/mol. The number of hydrogen-bond donors (Lipinski definition) is 0. The number of rotatable bonds is 1. The van der Waals surface area contributed by atoms with E-state index in [1.807, 2.05) is 12.1 Å². The molecule has 0 spiro atoms. The minimum absolute atomic E-state index is 0. The zero-order valence-corrected chi connectivity index (χ0v) is 8.97. The highest BCUT2D eigenvalue weighted by Gasteiger charge is 2.01. The molecule has 0 aliphatic carbocycles. The molecule has 1 heterocycles. The van der Waals surface area contributed by atoms with E-state index in [0.717, 1.165) is 16.7 Å². The summed E-state index contributed by atoms with van der Waals surface area (Å²) in [7, 11) is 1.61. The maximum absolute atomic E-state index is 5.91. The summed E-state index contributed by atoms with van der Waals surface area (Å²) in [5.41, 5.74) is 0.742. The van der Waals surface area contributed by atoms with Crippen molar-refractivity contribution in [2.24, 2.45) is 0 Å². The molecule has 0 aliphatic heterocycles. The highest BCUT2D eigenvalue weighted by molar-refractivity contribution is 6.35. The van der Waals surface area contributed by atoms with Gasteiger partial charge in [0.05, 0.1) is 23.8 Å². The third-order valence-electron chi connectivity index (χ3n) is 1.80. The summed E-state index contributed by atoms with van der Waals surface area (Å²) < 4.78 is 5.05. The molecule has 0 saturated carbocycles. The van der Waals surface area contributed by atoms with Gasteiger partial charge in [0, 0.05) is 11.5 Å². The van der Waals surface area contributed by atoms with Gasteiger partial charge in [-0.1, -0.05) is 11.6 Å². The largest absolute Gasteiger partial charge is 0.497 e. The second kappa shape index (κ2) is 4.44. The van der Waals surface area contributed by atoms with E-state index in [4.69, 9.17) is 16.3 Å². The van der Waals surface area contributed by atoms with Gasteiger partial charge in [0.1, 0.15) is 5.75 Å². The second-order valence-electron chi connectivity index (χ2n) is 2.58. The van der Waals surface area contributed by atoms with E-state index in [9.17, 15) is 0 Å². The lowest BCUT2D eigenvalue weighted by atomic mass is 10.2. The summed E-state index contributed by atoms with van der Waals surface area (Å²) in [5.74, 6) is 0.754. The van der Waals surface area contributed by atoms with Crippen molar-refractivity contribution in [3.05, 3.63) is 29.4 Å². The number of fused-ring (bicyclic) bond motifs is 1. The van der Waals surface area contributed by atoms with E-state index in [2.05, 4.69) is 10.2 Å². The molecule has 0 saturated heterocycles. The Labute approximate surface area is 92.5 Å². The van der Waals surface area contributed by atoms with Crippen LogP contribution in [0, 0.1) is 0 Å². The summed E-state index contributed by atoms with van der Waals surface area (Å²) in [6.45, 7) is 0. The number of methoxy groups -OCH3 is 1. The molecule has 0 N–H and O–H groups in total. The van der Waals surface area contributed by atoms with Gasteiger partial charge in [-0.2, -0.15) is 10.2 Å². The van der Waals surface area contributed by atoms with Gasteiger partial charge in [-0.25, -0.2) is 0 Å². The molecule has 0 amide bonds. The molecule has 0 aliphatic rings. The van der Waals surface area contributed by atoms with Crippen LogP contribution in [0.3, 0.4) is 0 Å². The predicted molar refractivity (Wildman–Crippen MR) is 58.3 cm³/mol. The molecule has 3 nitrogen and oxygen atoms in total. The van der Waals surface area contributed by atoms with E-state index >= 15 is 0 Å².